The average molecular weight is 256 g/mol. The van der Waals surface area contributed by atoms with Gasteiger partial charge in [0.2, 0.25) is 0 Å². The van der Waals surface area contributed by atoms with Crippen LogP contribution < -0.4 is 5.32 Å². The summed E-state index contributed by atoms with van der Waals surface area (Å²) in [7, 11) is 0. The van der Waals surface area contributed by atoms with Gasteiger partial charge in [-0.05, 0) is 24.9 Å². The maximum absolute atomic E-state index is 4.42. The van der Waals surface area contributed by atoms with Crippen LogP contribution >= 0.6 is 0 Å². The molecule has 6 nitrogen and oxygen atoms in total. The van der Waals surface area contributed by atoms with Crippen LogP contribution in [-0.4, -0.2) is 37.7 Å². The van der Waals surface area contributed by atoms with Crippen molar-refractivity contribution in [2.24, 2.45) is 5.92 Å². The van der Waals surface area contributed by atoms with Crippen molar-refractivity contribution in [1.82, 2.24) is 29.9 Å². The number of hydrogen-bond acceptors (Lipinski definition) is 4. The standard InChI is InChI=1S/C13H16N6/c1-8-2-4-14-6-9(8)13-18-17-11-7-16-12-10(19(11)13)3-5-15-12/h3,5,7-9,14-15H,2,4,6H2,1H3. The van der Waals surface area contributed by atoms with Gasteiger partial charge in [-0.15, -0.1) is 10.2 Å². The van der Waals surface area contributed by atoms with Crippen LogP contribution in [-0.2, 0) is 0 Å². The first-order chi connectivity index (χ1) is 9.34. The fourth-order valence-corrected chi connectivity index (χ4v) is 2.97. The topological polar surface area (TPSA) is 70.9 Å². The summed E-state index contributed by atoms with van der Waals surface area (Å²) in [5.41, 5.74) is 2.75. The zero-order valence-electron chi connectivity index (χ0n) is 10.8. The van der Waals surface area contributed by atoms with Crippen molar-refractivity contribution in [3.63, 3.8) is 0 Å². The van der Waals surface area contributed by atoms with E-state index in [0.29, 0.717) is 11.8 Å². The van der Waals surface area contributed by atoms with Gasteiger partial charge in [0.25, 0.3) is 0 Å². The lowest BCUT2D eigenvalue weighted by Gasteiger charge is -2.28. The highest BCUT2D eigenvalue weighted by molar-refractivity contribution is 5.74. The van der Waals surface area contributed by atoms with Gasteiger partial charge in [0, 0.05) is 18.7 Å². The molecule has 19 heavy (non-hydrogen) atoms. The number of nitrogens with zero attached hydrogens (tertiary/aromatic N) is 4. The SMILES string of the molecule is CC1CCNCC1c1nnc2cnc3[nH]ccc3n12. The maximum atomic E-state index is 4.42. The second-order valence-electron chi connectivity index (χ2n) is 5.30. The molecule has 0 radical (unpaired) electrons. The van der Waals surface area contributed by atoms with Gasteiger partial charge in [0.05, 0.1) is 11.7 Å². The van der Waals surface area contributed by atoms with E-state index in [2.05, 4.69) is 36.8 Å². The molecular weight excluding hydrogens is 240 g/mol. The number of hydrogen-bond donors (Lipinski definition) is 2. The van der Waals surface area contributed by atoms with Gasteiger partial charge in [-0.2, -0.15) is 0 Å². The molecular formula is C13H16N6. The number of H-pyrrole nitrogens is 1. The number of rotatable bonds is 1. The van der Waals surface area contributed by atoms with Gasteiger partial charge in [-0.25, -0.2) is 4.98 Å². The molecule has 0 spiro atoms. The Labute approximate surface area is 110 Å². The molecule has 3 aromatic heterocycles. The van der Waals surface area contributed by atoms with Crippen LogP contribution in [0, 0.1) is 5.92 Å². The Balaban J connectivity index is 1.96. The molecule has 2 unspecified atom stereocenters. The summed E-state index contributed by atoms with van der Waals surface area (Å²) in [5, 5.41) is 12.1. The normalized spacial score (nSPS) is 24.3. The predicted molar refractivity (Wildman–Crippen MR) is 72.0 cm³/mol. The molecule has 0 aliphatic carbocycles. The van der Waals surface area contributed by atoms with Gasteiger partial charge < -0.3 is 10.3 Å². The first-order valence-electron chi connectivity index (χ1n) is 6.72. The third-order valence-electron chi connectivity index (χ3n) is 4.13. The molecule has 1 saturated heterocycles. The lowest BCUT2D eigenvalue weighted by Crippen LogP contribution is -2.34. The van der Waals surface area contributed by atoms with E-state index in [4.69, 9.17) is 0 Å². The number of piperidine rings is 1. The van der Waals surface area contributed by atoms with Crippen LogP contribution in [0.4, 0.5) is 0 Å². The van der Waals surface area contributed by atoms with Crippen LogP contribution in [0.2, 0.25) is 0 Å². The lowest BCUT2D eigenvalue weighted by atomic mass is 9.87. The molecule has 0 saturated carbocycles. The number of fused-ring (bicyclic) bond motifs is 3. The summed E-state index contributed by atoms with van der Waals surface area (Å²) in [6.45, 7) is 4.35. The third-order valence-corrected chi connectivity index (χ3v) is 4.13. The predicted octanol–water partition coefficient (Wildman–Crippen LogP) is 1.32. The molecule has 4 rings (SSSR count). The Morgan fingerprint density at radius 2 is 2.32 bits per heavy atom. The number of nitrogens with one attached hydrogen (secondary N) is 2. The summed E-state index contributed by atoms with van der Waals surface area (Å²) in [5.74, 6) is 2.07. The van der Waals surface area contributed by atoms with E-state index in [1.54, 1.807) is 6.20 Å². The highest BCUT2D eigenvalue weighted by Gasteiger charge is 2.27. The fourth-order valence-electron chi connectivity index (χ4n) is 2.97. The molecule has 1 aliphatic heterocycles. The average Bonchev–Trinajstić information content (AvgIpc) is 3.04. The van der Waals surface area contributed by atoms with Crippen LogP contribution in [0.25, 0.3) is 16.8 Å². The van der Waals surface area contributed by atoms with Gasteiger partial charge in [0.1, 0.15) is 5.82 Å². The molecule has 0 bridgehead atoms. The summed E-state index contributed by atoms with van der Waals surface area (Å²) in [4.78, 5) is 7.49. The van der Waals surface area contributed by atoms with Crippen molar-refractivity contribution in [1.29, 1.82) is 0 Å². The Morgan fingerprint density at radius 3 is 3.21 bits per heavy atom. The smallest absolute Gasteiger partial charge is 0.179 e. The fraction of sp³-hybridized carbons (Fsp3) is 0.462. The van der Waals surface area contributed by atoms with Crippen molar-refractivity contribution in [2.75, 3.05) is 13.1 Å². The van der Waals surface area contributed by atoms with E-state index in [0.717, 1.165) is 35.7 Å². The van der Waals surface area contributed by atoms with Gasteiger partial charge in [-0.1, -0.05) is 6.92 Å². The summed E-state index contributed by atoms with van der Waals surface area (Å²) in [6, 6.07) is 2.03. The van der Waals surface area contributed by atoms with E-state index in [1.165, 1.54) is 6.42 Å². The van der Waals surface area contributed by atoms with Gasteiger partial charge >= 0.3 is 0 Å². The van der Waals surface area contributed by atoms with Crippen molar-refractivity contribution >= 4 is 16.8 Å². The Bertz CT molecular complexity index is 727. The van der Waals surface area contributed by atoms with E-state index >= 15 is 0 Å². The second-order valence-corrected chi connectivity index (χ2v) is 5.30. The van der Waals surface area contributed by atoms with Crippen molar-refractivity contribution in [3.05, 3.63) is 24.3 Å². The van der Waals surface area contributed by atoms with Crippen molar-refractivity contribution in [2.45, 2.75) is 19.3 Å². The Morgan fingerprint density at radius 1 is 1.37 bits per heavy atom. The van der Waals surface area contributed by atoms with Crippen LogP contribution in [0.1, 0.15) is 25.1 Å². The molecule has 98 valence electrons. The zero-order chi connectivity index (χ0) is 12.8. The summed E-state index contributed by atoms with van der Waals surface area (Å²) < 4.78 is 2.13. The van der Waals surface area contributed by atoms with Gasteiger partial charge in [0.15, 0.2) is 11.3 Å². The monoisotopic (exact) mass is 256 g/mol. The minimum atomic E-state index is 0.407. The van der Waals surface area contributed by atoms with Crippen LogP contribution in [0.3, 0.4) is 0 Å². The van der Waals surface area contributed by atoms with E-state index < -0.39 is 0 Å². The molecule has 6 heteroatoms. The second kappa shape index (κ2) is 4.03. The largest absolute Gasteiger partial charge is 0.345 e. The van der Waals surface area contributed by atoms with E-state index in [9.17, 15) is 0 Å². The molecule has 2 atom stereocenters. The molecule has 0 amide bonds. The lowest BCUT2D eigenvalue weighted by molar-refractivity contribution is 0.336. The first-order valence-corrected chi connectivity index (χ1v) is 6.72. The number of aromatic amines is 1. The molecule has 1 fully saturated rings. The van der Waals surface area contributed by atoms with Crippen LogP contribution in [0.15, 0.2) is 18.5 Å². The molecule has 3 aromatic rings. The van der Waals surface area contributed by atoms with Crippen LogP contribution in [0.5, 0.6) is 0 Å². The highest BCUT2D eigenvalue weighted by Crippen LogP contribution is 2.29. The molecule has 2 N–H and O–H groups in total. The first kappa shape index (κ1) is 10.9. The Hall–Kier alpha value is -1.95. The van der Waals surface area contributed by atoms with Crippen molar-refractivity contribution in [3.8, 4) is 0 Å². The Kier molecular flexibility index (Phi) is 2.32. The molecule has 1 aliphatic rings. The van der Waals surface area contributed by atoms with E-state index in [1.807, 2.05) is 12.3 Å². The summed E-state index contributed by atoms with van der Waals surface area (Å²) in [6.07, 6.45) is 4.86. The van der Waals surface area contributed by atoms with Crippen molar-refractivity contribution < 1.29 is 0 Å². The minimum absolute atomic E-state index is 0.407. The highest BCUT2D eigenvalue weighted by atomic mass is 15.3. The third kappa shape index (κ3) is 1.56. The maximum Gasteiger partial charge on any atom is 0.179 e. The quantitative estimate of drug-likeness (QED) is 0.689. The van der Waals surface area contributed by atoms with E-state index in [-0.39, 0.29) is 0 Å². The summed E-state index contributed by atoms with van der Waals surface area (Å²) >= 11 is 0. The number of aromatic nitrogens is 5. The zero-order valence-corrected chi connectivity index (χ0v) is 10.8. The molecule has 4 heterocycles. The minimum Gasteiger partial charge on any atom is -0.345 e. The molecule has 0 aromatic carbocycles. The van der Waals surface area contributed by atoms with Gasteiger partial charge in [-0.3, -0.25) is 4.40 Å².